The van der Waals surface area contributed by atoms with Gasteiger partial charge in [0.15, 0.2) is 0 Å². The lowest BCUT2D eigenvalue weighted by Crippen LogP contribution is -2.43. The molecule has 0 aromatic carbocycles. The molecule has 2 heterocycles. The number of anilines is 1. The van der Waals surface area contributed by atoms with Crippen molar-refractivity contribution in [2.75, 3.05) is 31.1 Å². The molecule has 0 bridgehead atoms. The monoisotopic (exact) mass is 240 g/mol. The van der Waals surface area contributed by atoms with Crippen LogP contribution in [-0.2, 0) is 0 Å². The van der Waals surface area contributed by atoms with Gasteiger partial charge < -0.3 is 15.2 Å². The number of pyridine rings is 1. The van der Waals surface area contributed by atoms with E-state index < -0.39 is 0 Å². The van der Waals surface area contributed by atoms with E-state index in [0.717, 1.165) is 31.7 Å². The Bertz CT molecular complexity index is 393. The van der Waals surface area contributed by atoms with Crippen LogP contribution in [0.25, 0.3) is 0 Å². The normalized spacial score (nSPS) is 19.9. The molecule has 5 heteroatoms. The Labute approximate surface area is 100 Å². The fraction of sp³-hybridized carbons (Fsp3) is 0.545. The van der Waals surface area contributed by atoms with Crippen molar-refractivity contribution in [3.05, 3.63) is 23.8 Å². The molecular formula is C11H17ClN4. The Morgan fingerprint density at radius 1 is 1.44 bits per heavy atom. The van der Waals surface area contributed by atoms with Crippen LogP contribution < -0.4 is 15.7 Å². The average molecular weight is 241 g/mol. The van der Waals surface area contributed by atoms with Gasteiger partial charge in [-0.1, -0.05) is 11.6 Å². The van der Waals surface area contributed by atoms with Crippen molar-refractivity contribution in [2.24, 2.45) is 4.99 Å². The van der Waals surface area contributed by atoms with E-state index in [1.807, 2.05) is 19.2 Å². The highest BCUT2D eigenvalue weighted by atomic mass is 35.5. The molecule has 1 aliphatic heterocycles. The Kier molecular flexibility index (Phi) is 3.85. The van der Waals surface area contributed by atoms with E-state index in [2.05, 4.69) is 26.3 Å². The first-order valence-electron chi connectivity index (χ1n) is 5.58. The summed E-state index contributed by atoms with van der Waals surface area (Å²) >= 11 is 5.84. The Morgan fingerprint density at radius 3 is 2.88 bits per heavy atom. The largest absolute Gasteiger partial charge is 0.369 e. The van der Waals surface area contributed by atoms with Gasteiger partial charge in [-0.05, 0) is 13.0 Å². The maximum atomic E-state index is 5.84. The summed E-state index contributed by atoms with van der Waals surface area (Å²) in [6.07, 6.45) is 1.91. The molecular weight excluding hydrogens is 224 g/mol. The summed E-state index contributed by atoms with van der Waals surface area (Å²) in [7, 11) is 0. The minimum Gasteiger partial charge on any atom is -0.369 e. The lowest BCUT2D eigenvalue weighted by Gasteiger charge is -2.29. The number of nitrogens with one attached hydrogen (secondary N) is 2. The lowest BCUT2D eigenvalue weighted by atomic mass is 10.3. The molecule has 1 saturated heterocycles. The Morgan fingerprint density at radius 2 is 2.19 bits per heavy atom. The van der Waals surface area contributed by atoms with Crippen molar-refractivity contribution in [1.82, 2.24) is 10.3 Å². The van der Waals surface area contributed by atoms with Gasteiger partial charge in [0.25, 0.3) is 0 Å². The summed E-state index contributed by atoms with van der Waals surface area (Å²) in [5.41, 5.74) is 1.84. The van der Waals surface area contributed by atoms with Crippen molar-refractivity contribution in [3.63, 3.8) is 0 Å². The van der Waals surface area contributed by atoms with Crippen LogP contribution in [0.15, 0.2) is 23.3 Å². The van der Waals surface area contributed by atoms with Crippen LogP contribution in [0, 0.1) is 0 Å². The molecule has 2 rings (SSSR count). The lowest BCUT2D eigenvalue weighted by molar-refractivity contribution is 0.589. The molecule has 0 amide bonds. The van der Waals surface area contributed by atoms with E-state index >= 15 is 0 Å². The summed E-state index contributed by atoms with van der Waals surface area (Å²) in [5, 5.41) is 3.34. The molecule has 0 radical (unpaired) electrons. The topological polar surface area (TPSA) is 43.4 Å². The standard InChI is InChI=1S/C11H17ClN4/c1-9(12)15-11-8-10(2-3-14-11)16-6-4-13-5-7-16/h2-3,8-9,13H,4-7H2,1H3,(H,14,15). The molecule has 88 valence electrons. The van der Waals surface area contributed by atoms with E-state index in [-0.39, 0.29) is 5.50 Å². The SMILES string of the molecule is CC(Cl)/N=c1/cc(N2CCNCC2)cc[nH]1. The number of alkyl halides is 1. The first-order chi connectivity index (χ1) is 7.75. The van der Waals surface area contributed by atoms with E-state index in [9.17, 15) is 0 Å². The quantitative estimate of drug-likeness (QED) is 0.596. The first-order valence-corrected chi connectivity index (χ1v) is 6.02. The van der Waals surface area contributed by atoms with Gasteiger partial charge in [0.1, 0.15) is 11.0 Å². The third-order valence-corrected chi connectivity index (χ3v) is 2.67. The highest BCUT2D eigenvalue weighted by molar-refractivity contribution is 6.20. The highest BCUT2D eigenvalue weighted by Crippen LogP contribution is 2.10. The molecule has 1 unspecified atom stereocenters. The molecule has 0 saturated carbocycles. The third-order valence-electron chi connectivity index (χ3n) is 2.57. The van der Waals surface area contributed by atoms with Crippen molar-refractivity contribution in [3.8, 4) is 0 Å². The number of rotatable bonds is 2. The van der Waals surface area contributed by atoms with E-state index in [1.54, 1.807) is 0 Å². The molecule has 0 aliphatic carbocycles. The second-order valence-electron chi connectivity index (χ2n) is 3.87. The van der Waals surface area contributed by atoms with Crippen LogP contribution in [0.3, 0.4) is 0 Å². The molecule has 4 nitrogen and oxygen atoms in total. The van der Waals surface area contributed by atoms with Gasteiger partial charge in [-0.3, -0.25) is 0 Å². The minimum absolute atomic E-state index is 0.200. The maximum Gasteiger partial charge on any atom is 0.128 e. The van der Waals surface area contributed by atoms with Crippen molar-refractivity contribution >= 4 is 17.3 Å². The fourth-order valence-electron chi connectivity index (χ4n) is 1.83. The molecule has 0 spiro atoms. The molecule has 1 aliphatic rings. The zero-order valence-corrected chi connectivity index (χ0v) is 10.2. The van der Waals surface area contributed by atoms with Crippen LogP contribution >= 0.6 is 11.6 Å². The Balaban J connectivity index is 2.21. The number of piperazine rings is 1. The molecule has 16 heavy (non-hydrogen) atoms. The summed E-state index contributed by atoms with van der Waals surface area (Å²) < 4.78 is 0. The van der Waals surface area contributed by atoms with E-state index in [1.165, 1.54) is 5.69 Å². The summed E-state index contributed by atoms with van der Waals surface area (Å²) in [5.74, 6) is 0. The van der Waals surface area contributed by atoms with Gasteiger partial charge >= 0.3 is 0 Å². The summed E-state index contributed by atoms with van der Waals surface area (Å²) in [6.45, 7) is 6.01. The van der Waals surface area contributed by atoms with E-state index in [0.29, 0.717) is 0 Å². The zero-order chi connectivity index (χ0) is 11.4. The smallest absolute Gasteiger partial charge is 0.128 e. The number of hydrogen-bond donors (Lipinski definition) is 2. The van der Waals surface area contributed by atoms with Crippen molar-refractivity contribution < 1.29 is 0 Å². The number of aromatic nitrogens is 1. The number of aromatic amines is 1. The minimum atomic E-state index is -0.200. The predicted octanol–water partition coefficient (Wildman–Crippen LogP) is 0.910. The van der Waals surface area contributed by atoms with Gasteiger partial charge in [-0.25, -0.2) is 4.99 Å². The highest BCUT2D eigenvalue weighted by Gasteiger charge is 2.09. The van der Waals surface area contributed by atoms with Crippen LogP contribution in [0.4, 0.5) is 5.69 Å². The second kappa shape index (κ2) is 5.37. The van der Waals surface area contributed by atoms with Crippen LogP contribution in [0.5, 0.6) is 0 Å². The zero-order valence-electron chi connectivity index (χ0n) is 9.41. The predicted molar refractivity (Wildman–Crippen MR) is 66.8 cm³/mol. The van der Waals surface area contributed by atoms with Gasteiger partial charge in [0.2, 0.25) is 0 Å². The summed E-state index contributed by atoms with van der Waals surface area (Å²) in [4.78, 5) is 9.72. The van der Waals surface area contributed by atoms with Crippen LogP contribution in [0.2, 0.25) is 0 Å². The number of hydrogen-bond acceptors (Lipinski definition) is 3. The van der Waals surface area contributed by atoms with E-state index in [4.69, 9.17) is 11.6 Å². The Hall–Kier alpha value is -1.00. The summed E-state index contributed by atoms with van der Waals surface area (Å²) in [6, 6.07) is 4.12. The number of H-pyrrole nitrogens is 1. The molecule has 1 fully saturated rings. The first kappa shape index (κ1) is 11.5. The molecule has 2 N–H and O–H groups in total. The van der Waals surface area contributed by atoms with Crippen molar-refractivity contribution in [2.45, 2.75) is 12.4 Å². The molecule has 1 atom stereocenters. The number of halogens is 1. The molecule has 1 aromatic rings. The fourth-order valence-corrected chi connectivity index (χ4v) is 1.93. The van der Waals surface area contributed by atoms with Gasteiger partial charge in [0, 0.05) is 44.1 Å². The third kappa shape index (κ3) is 3.00. The second-order valence-corrected chi connectivity index (χ2v) is 4.50. The van der Waals surface area contributed by atoms with Crippen LogP contribution in [-0.4, -0.2) is 36.7 Å². The van der Waals surface area contributed by atoms with Gasteiger partial charge in [-0.2, -0.15) is 0 Å². The van der Waals surface area contributed by atoms with Gasteiger partial charge in [0.05, 0.1) is 0 Å². The maximum absolute atomic E-state index is 5.84. The van der Waals surface area contributed by atoms with Crippen molar-refractivity contribution in [1.29, 1.82) is 0 Å². The average Bonchev–Trinajstić information content (AvgIpc) is 2.30. The number of nitrogens with zero attached hydrogens (tertiary/aromatic N) is 2. The molecule has 1 aromatic heterocycles. The van der Waals surface area contributed by atoms with Crippen LogP contribution in [0.1, 0.15) is 6.92 Å². The van der Waals surface area contributed by atoms with Gasteiger partial charge in [-0.15, -0.1) is 0 Å².